The molecule has 0 N–H and O–H groups in total. The molecule has 0 unspecified atom stereocenters. The summed E-state index contributed by atoms with van der Waals surface area (Å²) in [5.74, 6) is 0.724. The molecule has 2 saturated heterocycles. The van der Waals surface area contributed by atoms with Crippen LogP contribution in [0.3, 0.4) is 0 Å². The van der Waals surface area contributed by atoms with E-state index in [1.807, 2.05) is 37.3 Å². The normalized spacial score (nSPS) is 21.5. The Balaban J connectivity index is 1.54. The Kier molecular flexibility index (Phi) is 7.05. The molecule has 2 fully saturated rings. The second-order valence-electron chi connectivity index (χ2n) is 8.76. The van der Waals surface area contributed by atoms with Gasteiger partial charge in [-0.05, 0) is 54.4 Å². The van der Waals surface area contributed by atoms with Gasteiger partial charge in [-0.1, -0.05) is 65.3 Å². The van der Waals surface area contributed by atoms with Crippen LogP contribution in [0.25, 0.3) is 0 Å². The van der Waals surface area contributed by atoms with Crippen LogP contribution in [0.15, 0.2) is 71.7 Å². The minimum atomic E-state index is -3.23. The number of carbonyl (C=O) groups is 1. The summed E-state index contributed by atoms with van der Waals surface area (Å²) in [6.45, 7) is 1.97. The SMILES string of the molecule is Cc1cccc(Oc2ccc(Cl)cc2N2C(=NC(=O)Cc3ccccc3Cl)S[C@H]3CS(=O)(=O)C[C@@H]32)c1. The van der Waals surface area contributed by atoms with E-state index in [2.05, 4.69) is 4.99 Å². The van der Waals surface area contributed by atoms with Gasteiger partial charge in [0, 0.05) is 15.3 Å². The second-order valence-corrected chi connectivity index (χ2v) is 13.0. The molecule has 0 radical (unpaired) electrons. The highest BCUT2D eigenvalue weighted by atomic mass is 35.5. The number of aliphatic imine (C=N–C) groups is 1. The number of rotatable bonds is 5. The minimum absolute atomic E-state index is 0.0190. The molecule has 0 aromatic heterocycles. The van der Waals surface area contributed by atoms with Crippen molar-refractivity contribution in [2.75, 3.05) is 16.4 Å². The van der Waals surface area contributed by atoms with Gasteiger partial charge in [-0.15, -0.1) is 0 Å². The summed E-state index contributed by atoms with van der Waals surface area (Å²) in [6, 6.07) is 19.5. The van der Waals surface area contributed by atoms with E-state index in [1.54, 1.807) is 41.3 Å². The molecule has 1 amide bonds. The van der Waals surface area contributed by atoms with Crippen LogP contribution < -0.4 is 9.64 Å². The van der Waals surface area contributed by atoms with Crippen LogP contribution in [0.2, 0.25) is 10.0 Å². The molecule has 2 heterocycles. The number of hydrogen-bond acceptors (Lipinski definition) is 5. The van der Waals surface area contributed by atoms with Crippen molar-refractivity contribution in [3.63, 3.8) is 0 Å². The summed E-state index contributed by atoms with van der Waals surface area (Å²) < 4.78 is 31.2. The topological polar surface area (TPSA) is 76.0 Å². The Bertz CT molecular complexity index is 1480. The fraction of sp³-hybridized carbons (Fsp3) is 0.231. The Hall–Kier alpha value is -2.52. The summed E-state index contributed by atoms with van der Waals surface area (Å²) in [5, 5.41) is 1.12. The molecule has 0 bridgehead atoms. The van der Waals surface area contributed by atoms with Crippen LogP contribution in [0, 0.1) is 6.92 Å². The third kappa shape index (κ3) is 5.42. The van der Waals surface area contributed by atoms with Crippen molar-refractivity contribution in [1.82, 2.24) is 0 Å². The van der Waals surface area contributed by atoms with Gasteiger partial charge in [0.1, 0.15) is 5.75 Å². The number of aryl methyl sites for hydroxylation is 1. The van der Waals surface area contributed by atoms with Crippen LogP contribution in [0.5, 0.6) is 11.5 Å². The maximum atomic E-state index is 13.0. The number of halogens is 2. The fourth-order valence-corrected chi connectivity index (χ4v) is 8.66. The highest BCUT2D eigenvalue weighted by molar-refractivity contribution is 8.16. The molecular weight excluding hydrogens is 539 g/mol. The number of ether oxygens (including phenoxy) is 1. The van der Waals surface area contributed by atoms with Gasteiger partial charge in [0.25, 0.3) is 5.91 Å². The zero-order valence-electron chi connectivity index (χ0n) is 19.2. The first kappa shape index (κ1) is 25.1. The summed E-state index contributed by atoms with van der Waals surface area (Å²) in [6.07, 6.45) is 0.0351. The summed E-state index contributed by atoms with van der Waals surface area (Å²) >= 11 is 13.9. The first-order chi connectivity index (χ1) is 17.2. The lowest BCUT2D eigenvalue weighted by atomic mass is 10.1. The van der Waals surface area contributed by atoms with E-state index in [1.165, 1.54) is 11.8 Å². The first-order valence-electron chi connectivity index (χ1n) is 11.2. The Morgan fingerprint density at radius 1 is 1.08 bits per heavy atom. The third-order valence-electron chi connectivity index (χ3n) is 5.98. The Labute approximate surface area is 224 Å². The van der Waals surface area contributed by atoms with Gasteiger partial charge in [0.05, 0.1) is 29.7 Å². The van der Waals surface area contributed by atoms with E-state index in [9.17, 15) is 13.2 Å². The van der Waals surface area contributed by atoms with Crippen LogP contribution in [0.1, 0.15) is 11.1 Å². The highest BCUT2D eigenvalue weighted by Gasteiger charge is 2.50. The van der Waals surface area contributed by atoms with Crippen LogP contribution in [-0.2, 0) is 21.1 Å². The molecule has 10 heteroatoms. The number of amides is 1. The van der Waals surface area contributed by atoms with Crippen molar-refractivity contribution >= 4 is 61.6 Å². The molecule has 2 aliphatic heterocycles. The number of anilines is 1. The maximum Gasteiger partial charge on any atom is 0.252 e. The molecule has 2 atom stereocenters. The van der Waals surface area contributed by atoms with E-state index in [0.717, 1.165) is 5.56 Å². The molecule has 0 spiro atoms. The Morgan fingerprint density at radius 2 is 1.89 bits per heavy atom. The summed E-state index contributed by atoms with van der Waals surface area (Å²) in [5.41, 5.74) is 2.27. The predicted molar refractivity (Wildman–Crippen MR) is 147 cm³/mol. The molecule has 2 aliphatic rings. The smallest absolute Gasteiger partial charge is 0.252 e. The largest absolute Gasteiger partial charge is 0.455 e. The van der Waals surface area contributed by atoms with Crippen molar-refractivity contribution in [2.45, 2.75) is 24.6 Å². The molecule has 6 nitrogen and oxygen atoms in total. The van der Waals surface area contributed by atoms with Crippen molar-refractivity contribution in [3.05, 3.63) is 87.9 Å². The van der Waals surface area contributed by atoms with Gasteiger partial charge >= 0.3 is 0 Å². The maximum absolute atomic E-state index is 13.0. The molecule has 0 aliphatic carbocycles. The lowest BCUT2D eigenvalue weighted by molar-refractivity contribution is -0.117. The predicted octanol–water partition coefficient (Wildman–Crippen LogP) is 5.94. The minimum Gasteiger partial charge on any atom is -0.455 e. The van der Waals surface area contributed by atoms with Crippen LogP contribution >= 0.6 is 35.0 Å². The molecule has 3 aromatic rings. The molecular formula is C26H22Cl2N2O4S2. The van der Waals surface area contributed by atoms with Gasteiger partial charge in [-0.25, -0.2) is 8.42 Å². The number of nitrogens with zero attached hydrogens (tertiary/aromatic N) is 2. The number of fused-ring (bicyclic) bond motifs is 1. The summed E-state index contributed by atoms with van der Waals surface area (Å²) in [7, 11) is -3.23. The molecule has 5 rings (SSSR count). The van der Waals surface area contributed by atoms with E-state index in [-0.39, 0.29) is 29.1 Å². The standard InChI is InChI=1S/C26H22Cl2N2O4S2/c1-16-5-4-7-19(11-16)34-23-10-9-18(27)13-21(23)30-22-14-36(32,33)15-24(22)35-26(30)29-25(31)12-17-6-2-3-8-20(17)28/h2-11,13,22,24H,12,14-15H2,1H3/t22-,24-/m0/s1. The molecule has 186 valence electrons. The second kappa shape index (κ2) is 10.1. The molecule has 0 saturated carbocycles. The third-order valence-corrected chi connectivity index (χ3v) is 9.80. The number of benzene rings is 3. The average Bonchev–Trinajstić information content (AvgIpc) is 3.27. The first-order valence-corrected chi connectivity index (χ1v) is 14.7. The fourth-order valence-electron chi connectivity index (χ4n) is 4.37. The lowest BCUT2D eigenvalue weighted by Crippen LogP contribution is -2.38. The zero-order valence-corrected chi connectivity index (χ0v) is 22.4. The van der Waals surface area contributed by atoms with Crippen molar-refractivity contribution < 1.29 is 17.9 Å². The average molecular weight is 562 g/mol. The van der Waals surface area contributed by atoms with Crippen molar-refractivity contribution in [3.8, 4) is 11.5 Å². The number of amidine groups is 1. The van der Waals surface area contributed by atoms with Gasteiger partial charge < -0.3 is 9.64 Å². The van der Waals surface area contributed by atoms with Gasteiger partial charge in [-0.2, -0.15) is 4.99 Å². The summed E-state index contributed by atoms with van der Waals surface area (Å²) in [4.78, 5) is 19.2. The molecule has 36 heavy (non-hydrogen) atoms. The van der Waals surface area contributed by atoms with Crippen LogP contribution in [-0.4, -0.2) is 42.3 Å². The zero-order chi connectivity index (χ0) is 25.4. The van der Waals surface area contributed by atoms with E-state index < -0.39 is 15.9 Å². The Morgan fingerprint density at radius 3 is 2.67 bits per heavy atom. The number of hydrogen-bond donors (Lipinski definition) is 0. The lowest BCUT2D eigenvalue weighted by Gasteiger charge is -2.27. The van der Waals surface area contributed by atoms with Crippen LogP contribution in [0.4, 0.5) is 5.69 Å². The monoisotopic (exact) mass is 560 g/mol. The number of carbonyl (C=O) groups excluding carboxylic acids is 1. The quantitative estimate of drug-likeness (QED) is 0.384. The highest BCUT2D eigenvalue weighted by Crippen LogP contribution is 2.45. The number of thioether (sulfide) groups is 1. The van der Waals surface area contributed by atoms with Gasteiger partial charge in [-0.3, -0.25) is 4.79 Å². The van der Waals surface area contributed by atoms with Gasteiger partial charge in [0.15, 0.2) is 20.8 Å². The van der Waals surface area contributed by atoms with Crippen molar-refractivity contribution in [1.29, 1.82) is 0 Å². The van der Waals surface area contributed by atoms with Crippen molar-refractivity contribution in [2.24, 2.45) is 4.99 Å². The van der Waals surface area contributed by atoms with E-state index >= 15 is 0 Å². The van der Waals surface area contributed by atoms with E-state index in [0.29, 0.717) is 38.0 Å². The van der Waals surface area contributed by atoms with E-state index in [4.69, 9.17) is 27.9 Å². The van der Waals surface area contributed by atoms with Gasteiger partial charge in [0.2, 0.25) is 0 Å². The number of sulfone groups is 1. The molecule has 3 aromatic carbocycles.